The molecule has 1 saturated carbocycles. The van der Waals surface area contributed by atoms with Gasteiger partial charge in [-0.3, -0.25) is 0 Å². The van der Waals surface area contributed by atoms with E-state index in [2.05, 4.69) is 38.1 Å². The number of ether oxygens (including phenoxy) is 1. The Bertz CT molecular complexity index is 403. The maximum absolute atomic E-state index is 10.7. The van der Waals surface area contributed by atoms with Crippen molar-refractivity contribution in [1.29, 1.82) is 0 Å². The van der Waals surface area contributed by atoms with Crippen molar-refractivity contribution >= 4 is 6.29 Å². The van der Waals surface area contributed by atoms with Crippen molar-refractivity contribution in [2.75, 3.05) is 6.61 Å². The van der Waals surface area contributed by atoms with Crippen LogP contribution in [-0.2, 0) is 14.9 Å². The van der Waals surface area contributed by atoms with E-state index >= 15 is 0 Å². The van der Waals surface area contributed by atoms with Gasteiger partial charge in [-0.05, 0) is 18.4 Å². The Balaban J connectivity index is 2.33. The highest BCUT2D eigenvalue weighted by molar-refractivity contribution is 5.50. The van der Waals surface area contributed by atoms with E-state index in [0.717, 1.165) is 19.1 Å². The Kier molecular flexibility index (Phi) is 4.41. The largest absolute Gasteiger partial charge is 0.367 e. The molecule has 0 unspecified atom stereocenters. The predicted molar refractivity (Wildman–Crippen MR) is 77.3 cm³/mol. The van der Waals surface area contributed by atoms with E-state index in [4.69, 9.17) is 4.74 Å². The predicted octanol–water partition coefficient (Wildman–Crippen LogP) is 3.88. The van der Waals surface area contributed by atoms with Crippen LogP contribution < -0.4 is 0 Å². The summed E-state index contributed by atoms with van der Waals surface area (Å²) < 4.78 is 6.07. The summed E-state index contributed by atoms with van der Waals surface area (Å²) in [5.74, 6) is 0. The Hall–Kier alpha value is -1.15. The lowest BCUT2D eigenvalue weighted by atomic mass is 9.63. The number of carbonyl (C=O) groups is 1. The van der Waals surface area contributed by atoms with Gasteiger partial charge in [-0.25, -0.2) is 0 Å². The van der Waals surface area contributed by atoms with Gasteiger partial charge >= 0.3 is 0 Å². The number of benzene rings is 1. The number of hydrogen-bond donors (Lipinski definition) is 0. The molecule has 1 aliphatic rings. The van der Waals surface area contributed by atoms with Gasteiger partial charge in [-0.15, -0.1) is 0 Å². The maximum atomic E-state index is 10.7. The van der Waals surface area contributed by atoms with Gasteiger partial charge in [0.15, 0.2) is 0 Å². The van der Waals surface area contributed by atoms with Crippen LogP contribution in [0.2, 0.25) is 0 Å². The first-order valence-electron chi connectivity index (χ1n) is 7.25. The SMILES string of the molecule is CC(C)(c1ccccc1)C1(OCC=O)CCCCC1. The first-order valence-corrected chi connectivity index (χ1v) is 7.25. The van der Waals surface area contributed by atoms with Crippen molar-refractivity contribution in [2.45, 2.75) is 57.0 Å². The molecule has 0 aliphatic heterocycles. The van der Waals surface area contributed by atoms with E-state index in [-0.39, 0.29) is 17.6 Å². The third-order valence-electron chi connectivity index (χ3n) is 4.72. The molecule has 1 fully saturated rings. The van der Waals surface area contributed by atoms with Gasteiger partial charge in [0.2, 0.25) is 0 Å². The van der Waals surface area contributed by atoms with Crippen molar-refractivity contribution in [2.24, 2.45) is 0 Å². The fourth-order valence-electron chi connectivity index (χ4n) is 3.38. The first-order chi connectivity index (χ1) is 9.12. The van der Waals surface area contributed by atoms with Crippen molar-refractivity contribution in [1.82, 2.24) is 0 Å². The molecule has 0 heterocycles. The number of aldehydes is 1. The van der Waals surface area contributed by atoms with Gasteiger partial charge in [-0.1, -0.05) is 63.4 Å². The molecular weight excluding hydrogens is 236 g/mol. The molecule has 0 amide bonds. The summed E-state index contributed by atoms with van der Waals surface area (Å²) >= 11 is 0. The standard InChI is InChI=1S/C17H24O2/c1-16(2,15-9-5-3-6-10-15)17(19-14-13-18)11-7-4-8-12-17/h3,5-6,9-10,13H,4,7-8,11-12,14H2,1-2H3. The molecule has 2 nitrogen and oxygen atoms in total. The summed E-state index contributed by atoms with van der Waals surface area (Å²) in [4.78, 5) is 10.7. The second-order valence-corrected chi connectivity index (χ2v) is 6.02. The third-order valence-corrected chi connectivity index (χ3v) is 4.72. The lowest BCUT2D eigenvalue weighted by molar-refractivity contribution is -0.135. The van der Waals surface area contributed by atoms with Gasteiger partial charge in [-0.2, -0.15) is 0 Å². The van der Waals surface area contributed by atoms with Crippen molar-refractivity contribution in [3.63, 3.8) is 0 Å². The Morgan fingerprint density at radius 2 is 1.79 bits per heavy atom. The second kappa shape index (κ2) is 5.87. The zero-order valence-corrected chi connectivity index (χ0v) is 12.0. The summed E-state index contributed by atoms with van der Waals surface area (Å²) in [5, 5.41) is 0. The van der Waals surface area contributed by atoms with Crippen molar-refractivity contribution in [3.8, 4) is 0 Å². The van der Waals surface area contributed by atoms with Crippen LogP contribution >= 0.6 is 0 Å². The fraction of sp³-hybridized carbons (Fsp3) is 0.588. The highest BCUT2D eigenvalue weighted by atomic mass is 16.5. The quantitative estimate of drug-likeness (QED) is 0.751. The van der Waals surface area contributed by atoms with Crippen LogP contribution in [0, 0.1) is 0 Å². The van der Waals surface area contributed by atoms with Gasteiger partial charge in [0.1, 0.15) is 12.9 Å². The molecule has 0 spiro atoms. The fourth-order valence-corrected chi connectivity index (χ4v) is 3.38. The van der Waals surface area contributed by atoms with Gasteiger partial charge in [0, 0.05) is 5.41 Å². The summed E-state index contributed by atoms with van der Waals surface area (Å²) in [5.41, 5.74) is 1.02. The average molecular weight is 260 g/mol. The molecule has 0 atom stereocenters. The summed E-state index contributed by atoms with van der Waals surface area (Å²) in [6.07, 6.45) is 6.62. The maximum Gasteiger partial charge on any atom is 0.145 e. The summed E-state index contributed by atoms with van der Waals surface area (Å²) in [6.45, 7) is 4.70. The van der Waals surface area contributed by atoms with Gasteiger partial charge in [0.25, 0.3) is 0 Å². The van der Waals surface area contributed by atoms with E-state index < -0.39 is 0 Å². The number of rotatable bonds is 5. The molecule has 1 aromatic rings. The molecule has 0 N–H and O–H groups in total. The van der Waals surface area contributed by atoms with Gasteiger partial charge in [0.05, 0.1) is 5.60 Å². The van der Waals surface area contributed by atoms with Crippen LogP contribution in [0.1, 0.15) is 51.5 Å². The van der Waals surface area contributed by atoms with Crippen LogP contribution in [0.4, 0.5) is 0 Å². The normalized spacial score (nSPS) is 19.1. The minimum Gasteiger partial charge on any atom is -0.367 e. The molecule has 0 bridgehead atoms. The lowest BCUT2D eigenvalue weighted by Crippen LogP contribution is -2.51. The monoisotopic (exact) mass is 260 g/mol. The van der Waals surface area contributed by atoms with Gasteiger partial charge < -0.3 is 9.53 Å². The highest BCUT2D eigenvalue weighted by Gasteiger charge is 2.47. The van der Waals surface area contributed by atoms with Crippen molar-refractivity contribution < 1.29 is 9.53 Å². The van der Waals surface area contributed by atoms with E-state index in [9.17, 15) is 4.79 Å². The van der Waals surface area contributed by atoms with Crippen LogP contribution in [0.25, 0.3) is 0 Å². The number of hydrogen-bond acceptors (Lipinski definition) is 2. The minimum atomic E-state index is -0.201. The molecule has 1 aromatic carbocycles. The van der Waals surface area contributed by atoms with Crippen LogP contribution in [0.15, 0.2) is 30.3 Å². The molecule has 0 radical (unpaired) electrons. The molecule has 2 heteroatoms. The topological polar surface area (TPSA) is 26.3 Å². The van der Waals surface area contributed by atoms with E-state index in [1.165, 1.54) is 24.8 Å². The number of carbonyl (C=O) groups excluding carboxylic acids is 1. The molecule has 1 aliphatic carbocycles. The highest BCUT2D eigenvalue weighted by Crippen LogP contribution is 2.46. The summed E-state index contributed by atoms with van der Waals surface area (Å²) in [7, 11) is 0. The molecule has 19 heavy (non-hydrogen) atoms. The van der Waals surface area contributed by atoms with Crippen LogP contribution in [0.5, 0.6) is 0 Å². The van der Waals surface area contributed by atoms with Crippen LogP contribution in [0.3, 0.4) is 0 Å². The minimum absolute atomic E-state index is 0.0717. The van der Waals surface area contributed by atoms with E-state index in [1.54, 1.807) is 0 Å². The van der Waals surface area contributed by atoms with Crippen LogP contribution in [-0.4, -0.2) is 18.5 Å². The van der Waals surface area contributed by atoms with E-state index in [1.807, 2.05) is 6.07 Å². The van der Waals surface area contributed by atoms with Crippen molar-refractivity contribution in [3.05, 3.63) is 35.9 Å². The molecule has 0 saturated heterocycles. The Morgan fingerprint density at radius 1 is 1.16 bits per heavy atom. The first kappa shape index (κ1) is 14.3. The van der Waals surface area contributed by atoms with E-state index in [0.29, 0.717) is 0 Å². The Labute approximate surface area is 116 Å². The molecule has 104 valence electrons. The Morgan fingerprint density at radius 3 is 2.37 bits per heavy atom. The zero-order valence-electron chi connectivity index (χ0n) is 12.0. The molecule has 0 aromatic heterocycles. The second-order valence-electron chi connectivity index (χ2n) is 6.02. The smallest absolute Gasteiger partial charge is 0.145 e. The molecule has 2 rings (SSSR count). The molecular formula is C17H24O2. The third kappa shape index (κ3) is 2.74. The lowest BCUT2D eigenvalue weighted by Gasteiger charge is -2.49. The summed E-state index contributed by atoms with van der Waals surface area (Å²) in [6, 6.07) is 10.5. The average Bonchev–Trinajstić information content (AvgIpc) is 2.47. The zero-order chi connectivity index (χ0) is 13.8.